The number of rotatable bonds is 4. The van der Waals surface area contributed by atoms with Gasteiger partial charge in [-0.2, -0.15) is 0 Å². The zero-order chi connectivity index (χ0) is 20.2. The quantitative estimate of drug-likeness (QED) is 0.298. The molecule has 0 spiro atoms. The summed E-state index contributed by atoms with van der Waals surface area (Å²) >= 11 is 3.36. The number of imide groups is 1. The Morgan fingerprint density at radius 1 is 1.14 bits per heavy atom. The lowest BCUT2D eigenvalue weighted by Gasteiger charge is -2.34. The van der Waals surface area contributed by atoms with E-state index in [1.807, 2.05) is 0 Å². The number of carbonyl (C=O) groups excluding carboxylic acids is 4. The summed E-state index contributed by atoms with van der Waals surface area (Å²) in [6.45, 7) is 2.31. The van der Waals surface area contributed by atoms with E-state index in [0.29, 0.717) is 10.2 Å². The van der Waals surface area contributed by atoms with Gasteiger partial charge in [-0.3, -0.25) is 19.2 Å². The van der Waals surface area contributed by atoms with Crippen molar-refractivity contribution in [3.05, 3.63) is 40.9 Å². The fourth-order valence-corrected chi connectivity index (χ4v) is 4.55. The van der Waals surface area contributed by atoms with Crippen molar-refractivity contribution in [2.75, 3.05) is 4.90 Å². The van der Waals surface area contributed by atoms with Crippen molar-refractivity contribution in [2.45, 2.75) is 31.8 Å². The number of para-hydroxylation sites is 1. The van der Waals surface area contributed by atoms with Gasteiger partial charge in [0.1, 0.15) is 0 Å². The number of anilines is 1. The number of carbonyl (C=O) groups is 4. The van der Waals surface area contributed by atoms with E-state index in [9.17, 15) is 19.2 Å². The maximum absolute atomic E-state index is 13.3. The summed E-state index contributed by atoms with van der Waals surface area (Å²) in [4.78, 5) is 50.7. The second kappa shape index (κ2) is 6.52. The zero-order valence-electron chi connectivity index (χ0n) is 15.0. The number of benzene rings is 1. The lowest BCUT2D eigenvalue weighted by molar-refractivity contribution is -0.226. The van der Waals surface area contributed by atoms with Gasteiger partial charge < -0.3 is 14.2 Å². The van der Waals surface area contributed by atoms with E-state index < -0.39 is 53.6 Å². The summed E-state index contributed by atoms with van der Waals surface area (Å²) in [7, 11) is 0. The molecule has 0 aromatic heterocycles. The number of amides is 2. The van der Waals surface area contributed by atoms with Crippen LogP contribution in [-0.4, -0.2) is 41.7 Å². The van der Waals surface area contributed by atoms with Crippen LogP contribution < -0.4 is 4.90 Å². The van der Waals surface area contributed by atoms with E-state index in [1.54, 1.807) is 36.4 Å². The Kier molecular flexibility index (Phi) is 4.39. The van der Waals surface area contributed by atoms with Crippen LogP contribution in [0.5, 0.6) is 0 Å². The average Bonchev–Trinajstić information content (AvgIpc) is 3.26. The summed E-state index contributed by atoms with van der Waals surface area (Å²) in [5.41, 5.74) is -1.13. The molecule has 4 atom stereocenters. The van der Waals surface area contributed by atoms with Crippen molar-refractivity contribution < 1.29 is 33.4 Å². The molecule has 0 aliphatic carbocycles. The molecular formula is C19H16BrNO7. The smallest absolute Gasteiger partial charge is 0.305 e. The molecule has 4 rings (SSSR count). The Balaban J connectivity index is 1.77. The molecule has 3 aliphatic heterocycles. The highest BCUT2D eigenvalue weighted by atomic mass is 79.9. The molecule has 0 N–H and O–H groups in total. The molecule has 1 aromatic carbocycles. The van der Waals surface area contributed by atoms with Crippen molar-refractivity contribution >= 4 is 45.4 Å². The van der Waals surface area contributed by atoms with Gasteiger partial charge in [-0.05, 0) is 34.1 Å². The fraction of sp³-hybridized carbons (Fsp3) is 0.368. The summed E-state index contributed by atoms with van der Waals surface area (Å²) in [6, 6.07) is 6.87. The van der Waals surface area contributed by atoms with Crippen LogP contribution in [0.1, 0.15) is 13.8 Å². The molecule has 0 saturated carbocycles. The van der Waals surface area contributed by atoms with Crippen LogP contribution in [0.25, 0.3) is 0 Å². The molecule has 2 bridgehead atoms. The fourth-order valence-electron chi connectivity index (χ4n) is 4.09. The Labute approximate surface area is 168 Å². The first-order chi connectivity index (χ1) is 13.3. The number of ether oxygens (including phenoxy) is 3. The van der Waals surface area contributed by atoms with E-state index in [-0.39, 0.29) is 0 Å². The Morgan fingerprint density at radius 3 is 2.39 bits per heavy atom. The zero-order valence-corrected chi connectivity index (χ0v) is 16.5. The highest BCUT2D eigenvalue weighted by molar-refractivity contribution is 9.10. The van der Waals surface area contributed by atoms with E-state index in [2.05, 4.69) is 15.9 Å². The van der Waals surface area contributed by atoms with Crippen molar-refractivity contribution in [3.8, 4) is 0 Å². The summed E-state index contributed by atoms with van der Waals surface area (Å²) < 4.78 is 16.8. The topological polar surface area (TPSA) is 99.2 Å². The van der Waals surface area contributed by atoms with Crippen LogP contribution in [-0.2, 0) is 33.4 Å². The molecule has 28 heavy (non-hydrogen) atoms. The summed E-state index contributed by atoms with van der Waals surface area (Å²) in [6.07, 6.45) is 1.03. The molecule has 3 heterocycles. The highest BCUT2D eigenvalue weighted by Crippen LogP contribution is 2.55. The van der Waals surface area contributed by atoms with Crippen LogP contribution in [0, 0.1) is 11.8 Å². The average molecular weight is 450 g/mol. The third kappa shape index (κ3) is 2.61. The Hall–Kier alpha value is -2.52. The van der Waals surface area contributed by atoms with Crippen LogP contribution in [0.4, 0.5) is 5.69 Å². The predicted molar refractivity (Wildman–Crippen MR) is 97.7 cm³/mol. The maximum atomic E-state index is 13.3. The third-order valence-corrected chi connectivity index (χ3v) is 5.76. The molecule has 2 amide bonds. The van der Waals surface area contributed by atoms with Gasteiger partial charge in [-0.15, -0.1) is 0 Å². The lowest BCUT2D eigenvalue weighted by Crippen LogP contribution is -2.52. The van der Waals surface area contributed by atoms with Gasteiger partial charge in [-0.1, -0.05) is 18.2 Å². The van der Waals surface area contributed by atoms with E-state index in [4.69, 9.17) is 14.2 Å². The van der Waals surface area contributed by atoms with Gasteiger partial charge in [0, 0.05) is 18.3 Å². The molecule has 0 unspecified atom stereocenters. The number of hydrogen-bond acceptors (Lipinski definition) is 7. The molecular weight excluding hydrogens is 434 g/mol. The summed E-state index contributed by atoms with van der Waals surface area (Å²) in [5, 5.41) is 0. The second-order valence-electron chi connectivity index (χ2n) is 6.81. The van der Waals surface area contributed by atoms with Gasteiger partial charge in [0.25, 0.3) is 6.29 Å². The normalized spacial score (nSPS) is 30.1. The van der Waals surface area contributed by atoms with Crippen molar-refractivity contribution in [2.24, 2.45) is 11.8 Å². The number of esters is 2. The third-order valence-electron chi connectivity index (χ3n) is 5.09. The minimum Gasteiger partial charge on any atom is -0.422 e. The largest absolute Gasteiger partial charge is 0.422 e. The first kappa shape index (κ1) is 18.8. The maximum Gasteiger partial charge on any atom is 0.305 e. The Morgan fingerprint density at radius 2 is 1.79 bits per heavy atom. The van der Waals surface area contributed by atoms with Crippen LogP contribution in [0.15, 0.2) is 40.9 Å². The number of halogens is 1. The van der Waals surface area contributed by atoms with Gasteiger partial charge >= 0.3 is 11.9 Å². The number of fused-ring (bicyclic) bond motifs is 5. The number of hydrogen-bond donors (Lipinski definition) is 0. The van der Waals surface area contributed by atoms with Crippen LogP contribution in [0.3, 0.4) is 0 Å². The predicted octanol–water partition coefficient (Wildman–Crippen LogP) is 1.71. The van der Waals surface area contributed by atoms with E-state index in [1.165, 1.54) is 0 Å². The van der Waals surface area contributed by atoms with Crippen LogP contribution >= 0.6 is 15.9 Å². The first-order valence-corrected chi connectivity index (χ1v) is 9.39. The SMILES string of the molecule is CC(=O)OC(OC(C)=O)[C@]12C=C[C@H](O1)[C@H]1C(=O)N(c3ccccc3Br)C(=O)[C@@H]12. The minimum absolute atomic E-state index is 0.414. The Bertz CT molecular complexity index is 913. The number of nitrogens with zero attached hydrogens (tertiary/aromatic N) is 1. The standard InChI is InChI=1S/C19H16BrNO7/c1-9(22)26-18(27-10(2)23)19-8-7-13(28-19)14-15(19)17(25)21(16(14)24)12-6-4-3-5-11(12)20/h3-8,13-15,18H,1-2H3/t13-,14+,15+,19+/m0/s1. The van der Waals surface area contributed by atoms with Gasteiger partial charge in [0.15, 0.2) is 5.60 Å². The van der Waals surface area contributed by atoms with Crippen molar-refractivity contribution in [3.63, 3.8) is 0 Å². The van der Waals surface area contributed by atoms with Crippen molar-refractivity contribution in [1.29, 1.82) is 0 Å². The molecule has 1 aromatic rings. The molecule has 8 nitrogen and oxygen atoms in total. The van der Waals surface area contributed by atoms with Gasteiger partial charge in [-0.25, -0.2) is 4.90 Å². The van der Waals surface area contributed by atoms with E-state index in [0.717, 1.165) is 18.7 Å². The molecule has 0 radical (unpaired) electrons. The van der Waals surface area contributed by atoms with E-state index >= 15 is 0 Å². The van der Waals surface area contributed by atoms with Crippen LogP contribution in [0.2, 0.25) is 0 Å². The van der Waals surface area contributed by atoms with Crippen molar-refractivity contribution in [1.82, 2.24) is 0 Å². The van der Waals surface area contributed by atoms with Gasteiger partial charge in [0.2, 0.25) is 11.8 Å². The summed E-state index contributed by atoms with van der Waals surface area (Å²) in [5.74, 6) is -4.10. The monoisotopic (exact) mass is 449 g/mol. The molecule has 2 saturated heterocycles. The molecule has 2 fully saturated rings. The highest BCUT2D eigenvalue weighted by Gasteiger charge is 2.72. The molecule has 9 heteroatoms. The second-order valence-corrected chi connectivity index (χ2v) is 7.67. The lowest BCUT2D eigenvalue weighted by atomic mass is 9.76. The molecule has 3 aliphatic rings. The van der Waals surface area contributed by atoms with Gasteiger partial charge in [0.05, 0.1) is 23.6 Å². The molecule has 146 valence electrons. The first-order valence-electron chi connectivity index (χ1n) is 8.60. The minimum atomic E-state index is -1.55.